The van der Waals surface area contributed by atoms with Crippen molar-refractivity contribution >= 4 is 12.2 Å². The normalized spacial score (nSPS) is 12.9. The van der Waals surface area contributed by atoms with Crippen LogP contribution in [0, 0.1) is 4.64 Å². The lowest BCUT2D eigenvalue weighted by Crippen LogP contribution is -2.08. The molecule has 0 saturated carbocycles. The Labute approximate surface area is 71.4 Å². The quantitative estimate of drug-likeness (QED) is 0.664. The molecule has 1 atom stereocenters. The van der Waals surface area contributed by atoms with Gasteiger partial charge in [0.25, 0.3) is 0 Å². The number of rotatable bonds is 2. The highest BCUT2D eigenvalue weighted by atomic mass is 32.1. The molecule has 1 heterocycles. The van der Waals surface area contributed by atoms with E-state index in [0.29, 0.717) is 0 Å². The molecule has 11 heavy (non-hydrogen) atoms. The van der Waals surface area contributed by atoms with Gasteiger partial charge in [-0.05, 0) is 18.1 Å². The smallest absolute Gasteiger partial charge is 0.103 e. The van der Waals surface area contributed by atoms with Crippen molar-refractivity contribution in [3.63, 3.8) is 0 Å². The molecule has 3 heteroatoms. The van der Waals surface area contributed by atoms with Gasteiger partial charge in [0, 0.05) is 12.2 Å². The maximum atomic E-state index is 5.79. The highest BCUT2D eigenvalue weighted by Gasteiger charge is 2.00. The molecule has 1 aromatic heterocycles. The summed E-state index contributed by atoms with van der Waals surface area (Å²) in [4.78, 5) is 2.95. The molecule has 0 aliphatic heterocycles. The third kappa shape index (κ3) is 2.13. The Morgan fingerprint density at radius 3 is 2.82 bits per heavy atom. The van der Waals surface area contributed by atoms with Gasteiger partial charge in [0.1, 0.15) is 4.64 Å². The molecule has 0 amide bonds. The van der Waals surface area contributed by atoms with Crippen LogP contribution in [0.15, 0.2) is 18.3 Å². The van der Waals surface area contributed by atoms with Gasteiger partial charge < -0.3 is 10.7 Å². The Morgan fingerprint density at radius 1 is 1.64 bits per heavy atom. The molecule has 0 radical (unpaired) electrons. The molecular weight excluding hydrogens is 156 g/mol. The zero-order valence-corrected chi connectivity index (χ0v) is 7.32. The van der Waals surface area contributed by atoms with Crippen molar-refractivity contribution < 1.29 is 0 Å². The fourth-order valence-corrected chi connectivity index (χ4v) is 1.02. The average Bonchev–Trinajstić information content (AvgIpc) is 2.05. The Balaban J connectivity index is 2.89. The second-order valence-corrected chi connectivity index (χ2v) is 2.94. The zero-order chi connectivity index (χ0) is 8.27. The molecule has 2 nitrogen and oxygen atoms in total. The second-order valence-electron chi connectivity index (χ2n) is 2.50. The van der Waals surface area contributed by atoms with Crippen LogP contribution in [0.3, 0.4) is 0 Å². The van der Waals surface area contributed by atoms with Crippen molar-refractivity contribution in [1.82, 2.24) is 4.98 Å². The van der Waals surface area contributed by atoms with Crippen LogP contribution in [0.25, 0.3) is 0 Å². The van der Waals surface area contributed by atoms with Crippen molar-refractivity contribution in [1.29, 1.82) is 0 Å². The van der Waals surface area contributed by atoms with Crippen LogP contribution in [0.4, 0.5) is 0 Å². The van der Waals surface area contributed by atoms with Crippen LogP contribution in [-0.4, -0.2) is 4.98 Å². The summed E-state index contributed by atoms with van der Waals surface area (Å²) in [6.45, 7) is 2.06. The number of nitrogens with two attached hydrogens (primary N) is 1. The summed E-state index contributed by atoms with van der Waals surface area (Å²) >= 11 is 4.90. The Hall–Kier alpha value is -0.670. The highest BCUT2D eigenvalue weighted by Crippen LogP contribution is 2.10. The predicted octanol–water partition coefficient (Wildman–Crippen LogP) is 2.15. The SMILES string of the molecule is CCC(N)c1ccc(=S)[nH]c1. The maximum absolute atomic E-state index is 5.79. The molecule has 0 aliphatic rings. The van der Waals surface area contributed by atoms with E-state index in [1.165, 1.54) is 0 Å². The van der Waals surface area contributed by atoms with Crippen LogP contribution in [-0.2, 0) is 0 Å². The highest BCUT2D eigenvalue weighted by molar-refractivity contribution is 7.71. The minimum absolute atomic E-state index is 0.127. The van der Waals surface area contributed by atoms with Gasteiger partial charge in [-0.1, -0.05) is 25.2 Å². The predicted molar refractivity (Wildman–Crippen MR) is 48.8 cm³/mol. The summed E-state index contributed by atoms with van der Waals surface area (Å²) in [6, 6.07) is 3.95. The first kappa shape index (κ1) is 8.43. The van der Waals surface area contributed by atoms with Crippen LogP contribution >= 0.6 is 12.2 Å². The number of aromatic nitrogens is 1. The van der Waals surface area contributed by atoms with Crippen molar-refractivity contribution in [3.8, 4) is 0 Å². The minimum atomic E-state index is 0.127. The first-order valence-corrected chi connectivity index (χ1v) is 4.09. The molecule has 0 saturated heterocycles. The number of hydrogen-bond donors (Lipinski definition) is 2. The van der Waals surface area contributed by atoms with Crippen LogP contribution in [0.2, 0.25) is 0 Å². The average molecular weight is 168 g/mol. The van der Waals surface area contributed by atoms with Gasteiger partial charge in [-0.3, -0.25) is 0 Å². The van der Waals surface area contributed by atoms with E-state index in [-0.39, 0.29) is 6.04 Å². The molecule has 0 bridgehead atoms. The fraction of sp³-hybridized carbons (Fsp3) is 0.375. The van der Waals surface area contributed by atoms with E-state index in [2.05, 4.69) is 11.9 Å². The first-order chi connectivity index (χ1) is 5.24. The van der Waals surface area contributed by atoms with E-state index in [0.717, 1.165) is 16.6 Å². The van der Waals surface area contributed by atoms with Crippen molar-refractivity contribution in [2.24, 2.45) is 5.73 Å². The number of nitrogens with one attached hydrogen (secondary N) is 1. The summed E-state index contributed by atoms with van der Waals surface area (Å²) in [5.74, 6) is 0. The second kappa shape index (κ2) is 3.64. The summed E-state index contributed by atoms with van der Waals surface area (Å²) in [7, 11) is 0. The van der Waals surface area contributed by atoms with Crippen molar-refractivity contribution in [2.45, 2.75) is 19.4 Å². The van der Waals surface area contributed by atoms with Gasteiger partial charge in [-0.2, -0.15) is 0 Å². The third-order valence-corrected chi connectivity index (χ3v) is 1.93. The molecule has 1 rings (SSSR count). The van der Waals surface area contributed by atoms with Crippen molar-refractivity contribution in [3.05, 3.63) is 28.5 Å². The summed E-state index contributed by atoms with van der Waals surface area (Å²) in [5, 5.41) is 0. The Morgan fingerprint density at radius 2 is 2.36 bits per heavy atom. The Bertz CT molecular complexity index is 259. The maximum Gasteiger partial charge on any atom is 0.103 e. The van der Waals surface area contributed by atoms with Gasteiger partial charge in [0.2, 0.25) is 0 Å². The van der Waals surface area contributed by atoms with E-state index in [4.69, 9.17) is 18.0 Å². The first-order valence-electron chi connectivity index (χ1n) is 3.68. The number of H-pyrrole nitrogens is 1. The molecule has 0 aliphatic carbocycles. The molecule has 0 fully saturated rings. The van der Waals surface area contributed by atoms with E-state index in [9.17, 15) is 0 Å². The largest absolute Gasteiger partial charge is 0.353 e. The van der Waals surface area contributed by atoms with E-state index >= 15 is 0 Å². The summed E-state index contributed by atoms with van der Waals surface area (Å²) < 4.78 is 0.747. The van der Waals surface area contributed by atoms with Gasteiger partial charge in [-0.25, -0.2) is 0 Å². The van der Waals surface area contributed by atoms with Crippen LogP contribution in [0.1, 0.15) is 24.9 Å². The number of hydrogen-bond acceptors (Lipinski definition) is 2. The van der Waals surface area contributed by atoms with Crippen LogP contribution < -0.4 is 5.73 Å². The lowest BCUT2D eigenvalue weighted by Gasteiger charge is -2.07. The minimum Gasteiger partial charge on any atom is -0.353 e. The molecule has 60 valence electrons. The topological polar surface area (TPSA) is 41.8 Å². The number of pyridine rings is 1. The third-order valence-electron chi connectivity index (χ3n) is 1.68. The van der Waals surface area contributed by atoms with E-state index in [1.807, 2.05) is 18.3 Å². The van der Waals surface area contributed by atoms with Gasteiger partial charge in [0.15, 0.2) is 0 Å². The molecule has 1 aromatic rings. The number of aromatic amines is 1. The van der Waals surface area contributed by atoms with Crippen LogP contribution in [0.5, 0.6) is 0 Å². The molecular formula is C8H12N2S. The monoisotopic (exact) mass is 168 g/mol. The lowest BCUT2D eigenvalue weighted by atomic mass is 10.1. The summed E-state index contributed by atoms with van der Waals surface area (Å²) in [5.41, 5.74) is 6.90. The van der Waals surface area contributed by atoms with E-state index in [1.54, 1.807) is 0 Å². The lowest BCUT2D eigenvalue weighted by molar-refractivity contribution is 0.695. The van der Waals surface area contributed by atoms with Gasteiger partial charge in [-0.15, -0.1) is 0 Å². The standard InChI is InChI=1S/C8H12N2S/c1-2-7(9)6-3-4-8(11)10-5-6/h3-5,7H,2,9H2,1H3,(H,10,11). The molecule has 3 N–H and O–H groups in total. The molecule has 0 spiro atoms. The van der Waals surface area contributed by atoms with Crippen molar-refractivity contribution in [2.75, 3.05) is 0 Å². The Kier molecular flexibility index (Phi) is 2.79. The van der Waals surface area contributed by atoms with Gasteiger partial charge >= 0.3 is 0 Å². The fourth-order valence-electron chi connectivity index (χ4n) is 0.889. The van der Waals surface area contributed by atoms with Gasteiger partial charge in [0.05, 0.1) is 0 Å². The molecule has 0 aromatic carbocycles. The zero-order valence-electron chi connectivity index (χ0n) is 6.50. The molecule has 1 unspecified atom stereocenters. The van der Waals surface area contributed by atoms with E-state index < -0.39 is 0 Å². The summed E-state index contributed by atoms with van der Waals surface area (Å²) in [6.07, 6.45) is 2.82.